The van der Waals surface area contributed by atoms with Gasteiger partial charge in [-0.2, -0.15) is 5.10 Å². The van der Waals surface area contributed by atoms with Gasteiger partial charge < -0.3 is 14.2 Å². The fourth-order valence-corrected chi connectivity index (χ4v) is 3.04. The molecule has 1 amide bonds. The average molecular weight is 439 g/mol. The van der Waals surface area contributed by atoms with Gasteiger partial charge in [-0.3, -0.25) is 4.79 Å². The first-order chi connectivity index (χ1) is 15.0. The van der Waals surface area contributed by atoms with Gasteiger partial charge in [0.05, 0.1) is 25.5 Å². The van der Waals surface area contributed by atoms with Gasteiger partial charge in [0.1, 0.15) is 12.4 Å². The second-order valence-corrected chi connectivity index (χ2v) is 7.14. The minimum Gasteiger partial charge on any atom is -0.497 e. The number of aryl methyl sites for hydroxylation is 1. The average Bonchev–Trinajstić information content (AvgIpc) is 2.79. The van der Waals surface area contributed by atoms with E-state index in [1.165, 1.54) is 18.9 Å². The van der Waals surface area contributed by atoms with E-state index in [9.17, 15) is 4.79 Å². The van der Waals surface area contributed by atoms with Crippen molar-refractivity contribution in [3.8, 4) is 17.2 Å². The molecule has 0 aromatic heterocycles. The Labute approximate surface area is 186 Å². The highest BCUT2D eigenvalue weighted by atomic mass is 35.5. The lowest BCUT2D eigenvalue weighted by Crippen LogP contribution is -2.17. The van der Waals surface area contributed by atoms with Crippen LogP contribution >= 0.6 is 11.6 Å². The molecule has 6 nitrogen and oxygen atoms in total. The number of nitrogens with zero attached hydrogens (tertiary/aromatic N) is 1. The molecule has 0 heterocycles. The number of ether oxygens (including phenoxy) is 3. The zero-order valence-electron chi connectivity index (χ0n) is 17.5. The molecule has 0 radical (unpaired) electrons. The van der Waals surface area contributed by atoms with Crippen LogP contribution in [0.15, 0.2) is 65.8 Å². The van der Waals surface area contributed by atoms with E-state index in [0.717, 1.165) is 5.56 Å². The fourth-order valence-electron chi connectivity index (χ4n) is 2.77. The van der Waals surface area contributed by atoms with E-state index in [0.29, 0.717) is 40.0 Å². The van der Waals surface area contributed by atoms with Crippen molar-refractivity contribution in [3.05, 3.63) is 87.9 Å². The molecular formula is C24H23ClN2O4. The standard InChI is InChI=1S/C24H23ClN2O4/c1-16-4-6-17(7-5-16)15-31-23-21(25)12-18(13-22(23)30-3)14-26-27-24(28)19-8-10-20(29-2)11-9-19/h4-14H,15H2,1-3H3,(H,27,28). The normalized spacial score (nSPS) is 10.7. The maximum Gasteiger partial charge on any atom is 0.271 e. The topological polar surface area (TPSA) is 69.2 Å². The Balaban J connectivity index is 1.66. The van der Waals surface area contributed by atoms with E-state index in [1.807, 2.05) is 31.2 Å². The van der Waals surface area contributed by atoms with Crippen molar-refractivity contribution in [2.75, 3.05) is 14.2 Å². The maximum absolute atomic E-state index is 12.2. The first kappa shape index (κ1) is 22.2. The Kier molecular flexibility index (Phi) is 7.51. The third kappa shape index (κ3) is 5.99. The van der Waals surface area contributed by atoms with E-state index >= 15 is 0 Å². The third-order valence-electron chi connectivity index (χ3n) is 4.49. The van der Waals surface area contributed by atoms with Gasteiger partial charge in [-0.25, -0.2) is 5.43 Å². The van der Waals surface area contributed by atoms with Crippen LogP contribution in [0.5, 0.6) is 17.2 Å². The molecule has 3 aromatic carbocycles. The minimum atomic E-state index is -0.338. The van der Waals surface area contributed by atoms with E-state index in [4.69, 9.17) is 25.8 Å². The summed E-state index contributed by atoms with van der Waals surface area (Å²) in [7, 11) is 3.11. The molecule has 0 fully saturated rings. The van der Waals surface area contributed by atoms with Crippen LogP contribution in [0.25, 0.3) is 0 Å². The molecule has 0 saturated carbocycles. The zero-order chi connectivity index (χ0) is 22.2. The molecular weight excluding hydrogens is 416 g/mol. The van der Waals surface area contributed by atoms with Gasteiger partial charge in [0.15, 0.2) is 11.5 Å². The van der Waals surface area contributed by atoms with E-state index in [-0.39, 0.29) is 5.91 Å². The number of hydrogen-bond acceptors (Lipinski definition) is 5. The summed E-state index contributed by atoms with van der Waals surface area (Å²) in [6.45, 7) is 2.39. The first-order valence-electron chi connectivity index (χ1n) is 9.53. The maximum atomic E-state index is 12.2. The van der Waals surface area contributed by atoms with Crippen LogP contribution in [-0.4, -0.2) is 26.3 Å². The van der Waals surface area contributed by atoms with Crippen LogP contribution < -0.4 is 19.6 Å². The molecule has 7 heteroatoms. The van der Waals surface area contributed by atoms with Crippen LogP contribution in [0, 0.1) is 6.92 Å². The summed E-state index contributed by atoms with van der Waals surface area (Å²) in [4.78, 5) is 12.2. The van der Waals surface area contributed by atoms with Gasteiger partial charge in [-0.15, -0.1) is 0 Å². The van der Waals surface area contributed by atoms with Crippen molar-refractivity contribution < 1.29 is 19.0 Å². The molecule has 0 aliphatic carbocycles. The summed E-state index contributed by atoms with van der Waals surface area (Å²) in [5, 5.41) is 4.38. The smallest absolute Gasteiger partial charge is 0.271 e. The number of rotatable bonds is 8. The van der Waals surface area contributed by atoms with E-state index in [1.54, 1.807) is 43.5 Å². The molecule has 3 rings (SSSR count). The molecule has 0 aliphatic rings. The second-order valence-electron chi connectivity index (χ2n) is 6.74. The molecule has 3 aromatic rings. The predicted molar refractivity (Wildman–Crippen MR) is 122 cm³/mol. The number of halogens is 1. The number of amides is 1. The Hall–Kier alpha value is -3.51. The highest BCUT2D eigenvalue weighted by Crippen LogP contribution is 2.36. The van der Waals surface area contributed by atoms with Crippen molar-refractivity contribution >= 4 is 23.7 Å². The number of hydrogen-bond donors (Lipinski definition) is 1. The summed E-state index contributed by atoms with van der Waals surface area (Å²) in [5.74, 6) is 1.26. The van der Waals surface area contributed by atoms with Gasteiger partial charge >= 0.3 is 0 Å². The van der Waals surface area contributed by atoms with Crippen molar-refractivity contribution in [1.82, 2.24) is 5.43 Å². The number of nitrogens with one attached hydrogen (secondary N) is 1. The molecule has 160 valence electrons. The molecule has 0 atom stereocenters. The molecule has 0 saturated heterocycles. The van der Waals surface area contributed by atoms with Crippen LogP contribution in [0.1, 0.15) is 27.0 Å². The summed E-state index contributed by atoms with van der Waals surface area (Å²) < 4.78 is 16.4. The van der Waals surface area contributed by atoms with Crippen LogP contribution in [-0.2, 0) is 6.61 Å². The number of hydrazone groups is 1. The molecule has 0 unspecified atom stereocenters. The largest absolute Gasteiger partial charge is 0.497 e. The Morgan fingerprint density at radius 3 is 2.39 bits per heavy atom. The van der Waals surface area contributed by atoms with Crippen LogP contribution in [0.2, 0.25) is 5.02 Å². The third-order valence-corrected chi connectivity index (χ3v) is 4.77. The SMILES string of the molecule is COc1ccc(C(=O)NN=Cc2cc(Cl)c(OCc3ccc(C)cc3)c(OC)c2)cc1. The predicted octanol–water partition coefficient (Wildman–Crippen LogP) is 5.01. The molecule has 0 aliphatic heterocycles. The number of methoxy groups -OCH3 is 2. The van der Waals surface area contributed by atoms with Gasteiger partial charge in [0.2, 0.25) is 0 Å². The number of carbonyl (C=O) groups excluding carboxylic acids is 1. The lowest BCUT2D eigenvalue weighted by atomic mass is 10.1. The van der Waals surface area contributed by atoms with Gasteiger partial charge in [-0.05, 0) is 54.4 Å². The fraction of sp³-hybridized carbons (Fsp3) is 0.167. The zero-order valence-corrected chi connectivity index (χ0v) is 18.3. The second kappa shape index (κ2) is 10.5. The molecule has 0 spiro atoms. The summed E-state index contributed by atoms with van der Waals surface area (Å²) in [6.07, 6.45) is 1.49. The van der Waals surface area contributed by atoms with Gasteiger partial charge in [0, 0.05) is 5.56 Å². The summed E-state index contributed by atoms with van der Waals surface area (Å²) in [6, 6.07) is 18.2. The highest BCUT2D eigenvalue weighted by Gasteiger charge is 2.12. The monoisotopic (exact) mass is 438 g/mol. The van der Waals surface area contributed by atoms with Crippen molar-refractivity contribution in [3.63, 3.8) is 0 Å². The van der Waals surface area contributed by atoms with Crippen molar-refractivity contribution in [2.45, 2.75) is 13.5 Å². The number of carbonyl (C=O) groups is 1. The molecule has 0 bridgehead atoms. The quantitative estimate of drug-likeness (QED) is 0.396. The Morgan fingerprint density at radius 1 is 1.03 bits per heavy atom. The lowest BCUT2D eigenvalue weighted by Gasteiger charge is -2.13. The number of benzene rings is 3. The van der Waals surface area contributed by atoms with E-state index < -0.39 is 0 Å². The first-order valence-corrected chi connectivity index (χ1v) is 9.91. The Bertz CT molecular complexity index is 1060. The van der Waals surface area contributed by atoms with Crippen LogP contribution in [0.4, 0.5) is 0 Å². The summed E-state index contributed by atoms with van der Waals surface area (Å²) >= 11 is 6.40. The lowest BCUT2D eigenvalue weighted by molar-refractivity contribution is 0.0955. The molecule has 1 N–H and O–H groups in total. The van der Waals surface area contributed by atoms with Crippen molar-refractivity contribution in [2.24, 2.45) is 5.10 Å². The Morgan fingerprint density at radius 2 is 1.74 bits per heavy atom. The molecule has 31 heavy (non-hydrogen) atoms. The van der Waals surface area contributed by atoms with Crippen LogP contribution in [0.3, 0.4) is 0 Å². The van der Waals surface area contributed by atoms with E-state index in [2.05, 4.69) is 10.5 Å². The van der Waals surface area contributed by atoms with Gasteiger partial charge in [-0.1, -0.05) is 41.4 Å². The minimum absolute atomic E-state index is 0.338. The highest BCUT2D eigenvalue weighted by molar-refractivity contribution is 6.32. The summed E-state index contributed by atoms with van der Waals surface area (Å²) in [5.41, 5.74) is 5.81. The van der Waals surface area contributed by atoms with Gasteiger partial charge in [0.25, 0.3) is 5.91 Å². The van der Waals surface area contributed by atoms with Crippen molar-refractivity contribution in [1.29, 1.82) is 0 Å².